The van der Waals surface area contributed by atoms with E-state index in [1.807, 2.05) is 11.8 Å². The van der Waals surface area contributed by atoms with Crippen LogP contribution in [0.25, 0.3) is 0 Å². The molecule has 0 aromatic carbocycles. The molecular formula is C18H35N3O2S. The topological polar surface area (TPSA) is 54.9 Å². The van der Waals surface area contributed by atoms with E-state index in [1.54, 1.807) is 0 Å². The van der Waals surface area contributed by atoms with Gasteiger partial charge >= 0.3 is 0 Å². The van der Waals surface area contributed by atoms with Gasteiger partial charge in [-0.05, 0) is 51.7 Å². The SMILES string of the molecule is CCNC(=NCCCOC1CCOCC1)NC1CCCC(SC)C1. The van der Waals surface area contributed by atoms with Gasteiger partial charge in [0.1, 0.15) is 0 Å². The maximum atomic E-state index is 5.91. The second kappa shape index (κ2) is 12.0. The molecule has 24 heavy (non-hydrogen) atoms. The number of guanidine groups is 1. The average molecular weight is 358 g/mol. The first-order valence-electron chi connectivity index (χ1n) is 9.58. The van der Waals surface area contributed by atoms with E-state index < -0.39 is 0 Å². The molecule has 140 valence electrons. The Labute approximate surface area is 151 Å². The van der Waals surface area contributed by atoms with Crippen molar-refractivity contribution in [3.05, 3.63) is 0 Å². The maximum Gasteiger partial charge on any atom is 0.191 e. The molecule has 2 N–H and O–H groups in total. The molecule has 1 saturated carbocycles. The Bertz CT molecular complexity index is 362. The minimum absolute atomic E-state index is 0.389. The van der Waals surface area contributed by atoms with Crippen LogP contribution in [0.3, 0.4) is 0 Å². The van der Waals surface area contributed by atoms with Gasteiger partial charge < -0.3 is 20.1 Å². The predicted octanol–water partition coefficient (Wildman–Crippen LogP) is 2.80. The van der Waals surface area contributed by atoms with E-state index in [-0.39, 0.29) is 0 Å². The fourth-order valence-electron chi connectivity index (χ4n) is 3.35. The number of ether oxygens (including phenoxy) is 2. The predicted molar refractivity (Wildman–Crippen MR) is 103 cm³/mol. The lowest BCUT2D eigenvalue weighted by atomic mass is 9.95. The maximum absolute atomic E-state index is 5.91. The molecule has 1 aliphatic carbocycles. The zero-order valence-electron chi connectivity index (χ0n) is 15.4. The fourth-order valence-corrected chi connectivity index (χ4v) is 4.18. The number of hydrogen-bond donors (Lipinski definition) is 2. The van der Waals surface area contributed by atoms with Gasteiger partial charge in [0.2, 0.25) is 0 Å². The van der Waals surface area contributed by atoms with Crippen LogP contribution in [0, 0.1) is 0 Å². The third kappa shape index (κ3) is 7.62. The van der Waals surface area contributed by atoms with Gasteiger partial charge in [0.05, 0.1) is 6.10 Å². The van der Waals surface area contributed by atoms with E-state index in [4.69, 9.17) is 14.5 Å². The smallest absolute Gasteiger partial charge is 0.191 e. The highest BCUT2D eigenvalue weighted by Gasteiger charge is 2.21. The van der Waals surface area contributed by atoms with E-state index in [0.29, 0.717) is 12.1 Å². The van der Waals surface area contributed by atoms with Crippen LogP contribution in [-0.4, -0.2) is 62.5 Å². The third-order valence-electron chi connectivity index (χ3n) is 4.74. The van der Waals surface area contributed by atoms with Crippen molar-refractivity contribution in [2.45, 2.75) is 69.3 Å². The highest BCUT2D eigenvalue weighted by molar-refractivity contribution is 7.99. The van der Waals surface area contributed by atoms with E-state index in [2.05, 4.69) is 23.8 Å². The molecule has 6 heteroatoms. The number of thioether (sulfide) groups is 1. The van der Waals surface area contributed by atoms with Gasteiger partial charge in [0, 0.05) is 44.2 Å². The lowest BCUT2D eigenvalue weighted by molar-refractivity contribution is -0.0318. The van der Waals surface area contributed by atoms with E-state index in [9.17, 15) is 0 Å². The summed E-state index contributed by atoms with van der Waals surface area (Å²) in [6.45, 7) is 6.33. The lowest BCUT2D eigenvalue weighted by Crippen LogP contribution is -2.45. The fraction of sp³-hybridized carbons (Fsp3) is 0.944. The summed E-state index contributed by atoms with van der Waals surface area (Å²) >= 11 is 2.00. The van der Waals surface area contributed by atoms with Crippen LogP contribution in [0.1, 0.15) is 51.9 Å². The van der Waals surface area contributed by atoms with Gasteiger partial charge in [-0.15, -0.1) is 0 Å². The van der Waals surface area contributed by atoms with Crippen molar-refractivity contribution in [3.63, 3.8) is 0 Å². The number of aliphatic imine (C=N–C) groups is 1. The Morgan fingerprint density at radius 3 is 2.83 bits per heavy atom. The highest BCUT2D eigenvalue weighted by Crippen LogP contribution is 2.26. The first kappa shape index (κ1) is 19.9. The molecule has 0 bridgehead atoms. The van der Waals surface area contributed by atoms with Gasteiger partial charge in [-0.1, -0.05) is 6.42 Å². The van der Waals surface area contributed by atoms with Crippen LogP contribution in [0.2, 0.25) is 0 Å². The van der Waals surface area contributed by atoms with Crippen LogP contribution in [0.15, 0.2) is 4.99 Å². The Morgan fingerprint density at radius 2 is 2.08 bits per heavy atom. The van der Waals surface area contributed by atoms with Gasteiger partial charge in [-0.2, -0.15) is 11.8 Å². The van der Waals surface area contributed by atoms with E-state index in [1.165, 1.54) is 25.7 Å². The summed E-state index contributed by atoms with van der Waals surface area (Å²) in [5.41, 5.74) is 0. The molecule has 0 spiro atoms. The molecule has 1 heterocycles. The molecule has 5 nitrogen and oxygen atoms in total. The first-order chi connectivity index (χ1) is 11.8. The Kier molecular flexibility index (Phi) is 9.92. The molecular weight excluding hydrogens is 322 g/mol. The van der Waals surface area contributed by atoms with Crippen LogP contribution in [-0.2, 0) is 9.47 Å². The van der Waals surface area contributed by atoms with Crippen LogP contribution >= 0.6 is 11.8 Å². The van der Waals surface area contributed by atoms with Crippen molar-refractivity contribution >= 4 is 17.7 Å². The minimum atomic E-state index is 0.389. The van der Waals surface area contributed by atoms with E-state index >= 15 is 0 Å². The monoisotopic (exact) mass is 357 g/mol. The minimum Gasteiger partial charge on any atom is -0.381 e. The number of nitrogens with one attached hydrogen (secondary N) is 2. The molecule has 2 aliphatic rings. The molecule has 1 aliphatic heterocycles. The number of hydrogen-bond acceptors (Lipinski definition) is 4. The standard InChI is InChI=1S/C18H35N3O2S/c1-3-19-18(21-15-6-4-7-17(14-15)24-2)20-10-5-11-23-16-8-12-22-13-9-16/h15-17H,3-14H2,1-2H3,(H2,19,20,21). The molecule has 2 fully saturated rings. The molecule has 0 aromatic rings. The van der Waals surface area contributed by atoms with Gasteiger partial charge in [0.15, 0.2) is 5.96 Å². The number of nitrogens with zero attached hydrogens (tertiary/aromatic N) is 1. The quantitative estimate of drug-likeness (QED) is 0.397. The zero-order chi connectivity index (χ0) is 17.0. The van der Waals surface area contributed by atoms with Crippen LogP contribution < -0.4 is 10.6 Å². The third-order valence-corrected chi connectivity index (χ3v) is 5.83. The number of rotatable bonds is 8. The summed E-state index contributed by atoms with van der Waals surface area (Å²) < 4.78 is 11.3. The summed E-state index contributed by atoms with van der Waals surface area (Å²) in [6, 6.07) is 0.562. The molecule has 2 atom stereocenters. The molecule has 0 radical (unpaired) electrons. The first-order valence-corrected chi connectivity index (χ1v) is 10.9. The van der Waals surface area contributed by atoms with Crippen molar-refractivity contribution in [3.8, 4) is 0 Å². The Balaban J connectivity index is 1.65. The Morgan fingerprint density at radius 1 is 1.25 bits per heavy atom. The van der Waals surface area contributed by atoms with Crippen LogP contribution in [0.5, 0.6) is 0 Å². The molecule has 1 saturated heterocycles. The molecule has 0 aromatic heterocycles. The van der Waals surface area contributed by atoms with Crippen LogP contribution in [0.4, 0.5) is 0 Å². The van der Waals surface area contributed by atoms with Crippen molar-refractivity contribution in [2.75, 3.05) is 39.2 Å². The molecule has 0 amide bonds. The Hall–Kier alpha value is -0.460. The normalized spacial score (nSPS) is 26.3. The summed E-state index contributed by atoms with van der Waals surface area (Å²) in [5.74, 6) is 0.968. The molecule has 2 rings (SSSR count). The highest BCUT2D eigenvalue weighted by atomic mass is 32.2. The summed E-state index contributed by atoms with van der Waals surface area (Å²) in [4.78, 5) is 4.72. The van der Waals surface area contributed by atoms with Gasteiger partial charge in [0.25, 0.3) is 0 Å². The van der Waals surface area contributed by atoms with Crippen molar-refractivity contribution in [1.82, 2.24) is 10.6 Å². The summed E-state index contributed by atoms with van der Waals surface area (Å²) in [5, 5.41) is 7.81. The largest absolute Gasteiger partial charge is 0.381 e. The second-order valence-electron chi connectivity index (χ2n) is 6.66. The average Bonchev–Trinajstić information content (AvgIpc) is 2.62. The lowest BCUT2D eigenvalue weighted by Gasteiger charge is -2.29. The second-order valence-corrected chi connectivity index (χ2v) is 7.80. The van der Waals surface area contributed by atoms with Crippen molar-refractivity contribution < 1.29 is 9.47 Å². The van der Waals surface area contributed by atoms with Gasteiger partial charge in [-0.3, -0.25) is 4.99 Å². The summed E-state index contributed by atoms with van der Waals surface area (Å²) in [7, 11) is 0. The van der Waals surface area contributed by atoms with Gasteiger partial charge in [-0.25, -0.2) is 0 Å². The van der Waals surface area contributed by atoms with Crippen molar-refractivity contribution in [1.29, 1.82) is 0 Å². The summed E-state index contributed by atoms with van der Waals surface area (Å²) in [6.07, 6.45) is 10.8. The zero-order valence-corrected chi connectivity index (χ0v) is 16.2. The van der Waals surface area contributed by atoms with Crippen molar-refractivity contribution in [2.24, 2.45) is 4.99 Å². The molecule has 2 unspecified atom stereocenters. The van der Waals surface area contributed by atoms with E-state index in [0.717, 1.165) is 63.4 Å².